The van der Waals surface area contributed by atoms with Crippen LogP contribution in [0.15, 0.2) is 30.5 Å². The van der Waals surface area contributed by atoms with Crippen molar-refractivity contribution in [2.45, 2.75) is 26.8 Å². The first-order valence-corrected chi connectivity index (χ1v) is 5.93. The number of rotatable bonds is 4. The van der Waals surface area contributed by atoms with Crippen LogP contribution in [0.4, 0.5) is 0 Å². The molecule has 86 valence electrons. The Hall–Kier alpha value is -1.28. The molecule has 2 aromatic rings. The molecule has 0 spiro atoms. The van der Waals surface area contributed by atoms with Gasteiger partial charge in [-0.25, -0.2) is 0 Å². The molecule has 0 aliphatic heterocycles. The molecule has 0 fully saturated rings. The van der Waals surface area contributed by atoms with Gasteiger partial charge in [-0.15, -0.1) is 0 Å². The van der Waals surface area contributed by atoms with Gasteiger partial charge in [-0.05, 0) is 29.4 Å². The van der Waals surface area contributed by atoms with Crippen molar-refractivity contribution in [2.24, 2.45) is 5.92 Å². The van der Waals surface area contributed by atoms with Crippen molar-refractivity contribution in [3.8, 4) is 0 Å². The van der Waals surface area contributed by atoms with Gasteiger partial charge in [-0.2, -0.15) is 0 Å². The number of para-hydroxylation sites is 1. The molecule has 0 saturated heterocycles. The zero-order chi connectivity index (χ0) is 11.5. The van der Waals surface area contributed by atoms with Gasteiger partial charge in [-0.1, -0.05) is 32.0 Å². The second-order valence-electron chi connectivity index (χ2n) is 4.46. The van der Waals surface area contributed by atoms with Crippen LogP contribution in [0, 0.1) is 5.92 Å². The third kappa shape index (κ3) is 1.98. The van der Waals surface area contributed by atoms with Gasteiger partial charge in [0.25, 0.3) is 0 Å². The normalized spacial score (nSPS) is 13.2. The summed E-state index contributed by atoms with van der Waals surface area (Å²) in [6.45, 7) is 5.38. The minimum absolute atomic E-state index is 0.244. The number of nitrogens with zero attached hydrogens (tertiary/aromatic N) is 1. The van der Waals surface area contributed by atoms with E-state index in [4.69, 9.17) is 5.11 Å². The summed E-state index contributed by atoms with van der Waals surface area (Å²) in [5.41, 5.74) is 2.71. The number of aliphatic hydroxyl groups is 1. The molecular weight excluding hydrogens is 198 g/mol. The monoisotopic (exact) mass is 217 g/mol. The second kappa shape index (κ2) is 4.71. The summed E-state index contributed by atoms with van der Waals surface area (Å²) < 4.78 is 2.26. The highest BCUT2D eigenvalue weighted by Gasteiger charge is 2.07. The molecule has 1 atom stereocenters. The lowest BCUT2D eigenvalue weighted by Crippen LogP contribution is -2.10. The predicted octanol–water partition coefficient (Wildman–Crippen LogP) is 2.83. The largest absolute Gasteiger partial charge is 0.396 e. The Kier molecular flexibility index (Phi) is 3.30. The van der Waals surface area contributed by atoms with Crippen molar-refractivity contribution in [1.82, 2.24) is 4.57 Å². The molecule has 0 aliphatic carbocycles. The smallest absolute Gasteiger partial charge is 0.0512 e. The fraction of sp³-hybridized carbons (Fsp3) is 0.429. The molecule has 1 aromatic heterocycles. The lowest BCUT2D eigenvalue weighted by atomic mass is 10.1. The number of aromatic nitrogens is 1. The fourth-order valence-electron chi connectivity index (χ4n) is 2.17. The number of hydrogen-bond acceptors (Lipinski definition) is 1. The number of aryl methyl sites for hydroxylation is 1. The van der Waals surface area contributed by atoms with E-state index in [0.717, 1.165) is 13.0 Å². The minimum atomic E-state index is 0.244. The molecule has 0 saturated carbocycles. The summed E-state index contributed by atoms with van der Waals surface area (Å²) >= 11 is 0. The molecule has 2 heteroatoms. The fourth-order valence-corrected chi connectivity index (χ4v) is 2.17. The van der Waals surface area contributed by atoms with E-state index in [2.05, 4.69) is 48.9 Å². The van der Waals surface area contributed by atoms with Crippen molar-refractivity contribution < 1.29 is 5.11 Å². The van der Waals surface area contributed by atoms with Crippen molar-refractivity contribution in [1.29, 1.82) is 0 Å². The number of fused-ring (bicyclic) bond motifs is 1. The van der Waals surface area contributed by atoms with Gasteiger partial charge in [0, 0.05) is 19.3 Å². The van der Waals surface area contributed by atoms with Gasteiger partial charge in [-0.3, -0.25) is 0 Å². The van der Waals surface area contributed by atoms with E-state index >= 15 is 0 Å². The first-order valence-electron chi connectivity index (χ1n) is 5.93. The zero-order valence-corrected chi connectivity index (χ0v) is 9.98. The topological polar surface area (TPSA) is 25.2 Å². The molecule has 2 nitrogen and oxygen atoms in total. The SMILES string of the molecule is CCc1cccc2ccn(CC(C)CO)c12. The lowest BCUT2D eigenvalue weighted by molar-refractivity contribution is 0.224. The molecule has 0 bridgehead atoms. The van der Waals surface area contributed by atoms with Crippen LogP contribution >= 0.6 is 0 Å². The van der Waals surface area contributed by atoms with Crippen molar-refractivity contribution in [3.05, 3.63) is 36.0 Å². The predicted molar refractivity (Wildman–Crippen MR) is 67.6 cm³/mol. The molecular formula is C14H19NO. The standard InChI is InChI=1S/C14H19NO/c1-3-12-5-4-6-13-7-8-15(14(12)13)9-11(2)10-16/h4-8,11,16H,3,9-10H2,1-2H3. The van der Waals surface area contributed by atoms with Gasteiger partial charge in [0.15, 0.2) is 0 Å². The molecule has 1 heterocycles. The van der Waals surface area contributed by atoms with Crippen LogP contribution in [0.2, 0.25) is 0 Å². The number of aliphatic hydroxyl groups excluding tert-OH is 1. The minimum Gasteiger partial charge on any atom is -0.396 e. The number of benzene rings is 1. The number of hydrogen-bond donors (Lipinski definition) is 1. The van der Waals surface area contributed by atoms with Crippen molar-refractivity contribution >= 4 is 10.9 Å². The Bertz CT molecular complexity index is 473. The summed E-state index contributed by atoms with van der Waals surface area (Å²) in [6.07, 6.45) is 3.17. The van der Waals surface area contributed by atoms with E-state index in [1.807, 2.05) is 0 Å². The van der Waals surface area contributed by atoms with Crippen molar-refractivity contribution in [2.75, 3.05) is 6.61 Å². The third-order valence-corrected chi connectivity index (χ3v) is 3.07. The highest BCUT2D eigenvalue weighted by molar-refractivity contribution is 5.83. The highest BCUT2D eigenvalue weighted by Crippen LogP contribution is 2.21. The Morgan fingerprint density at radius 3 is 2.81 bits per heavy atom. The van der Waals surface area contributed by atoms with E-state index in [1.165, 1.54) is 16.5 Å². The highest BCUT2D eigenvalue weighted by atomic mass is 16.3. The molecule has 1 aromatic carbocycles. The molecule has 2 rings (SSSR count). The van der Waals surface area contributed by atoms with Gasteiger partial charge >= 0.3 is 0 Å². The molecule has 0 radical (unpaired) electrons. The van der Waals surface area contributed by atoms with Gasteiger partial charge in [0.1, 0.15) is 0 Å². The Labute approximate surface area is 96.5 Å². The van der Waals surface area contributed by atoms with Gasteiger partial charge in [0.05, 0.1) is 5.52 Å². The maximum atomic E-state index is 9.12. The second-order valence-corrected chi connectivity index (χ2v) is 4.46. The van der Waals surface area contributed by atoms with Gasteiger partial charge in [0.2, 0.25) is 0 Å². The Morgan fingerprint density at radius 2 is 2.12 bits per heavy atom. The third-order valence-electron chi connectivity index (χ3n) is 3.07. The van der Waals surface area contributed by atoms with E-state index in [9.17, 15) is 0 Å². The van der Waals surface area contributed by atoms with Crippen LogP contribution in [-0.2, 0) is 13.0 Å². The summed E-state index contributed by atoms with van der Waals surface area (Å²) in [5, 5.41) is 10.4. The summed E-state index contributed by atoms with van der Waals surface area (Å²) in [6, 6.07) is 8.59. The first-order chi connectivity index (χ1) is 7.76. The molecule has 0 amide bonds. The zero-order valence-electron chi connectivity index (χ0n) is 9.98. The maximum Gasteiger partial charge on any atom is 0.0512 e. The summed E-state index contributed by atoms with van der Waals surface area (Å²) in [7, 11) is 0. The Morgan fingerprint density at radius 1 is 1.31 bits per heavy atom. The van der Waals surface area contributed by atoms with Crippen LogP contribution in [0.3, 0.4) is 0 Å². The average molecular weight is 217 g/mol. The van der Waals surface area contributed by atoms with Crippen molar-refractivity contribution in [3.63, 3.8) is 0 Å². The molecule has 16 heavy (non-hydrogen) atoms. The van der Waals surface area contributed by atoms with Crippen LogP contribution in [-0.4, -0.2) is 16.3 Å². The van der Waals surface area contributed by atoms with Gasteiger partial charge < -0.3 is 9.67 Å². The van der Waals surface area contributed by atoms with E-state index in [0.29, 0.717) is 5.92 Å². The summed E-state index contributed by atoms with van der Waals surface area (Å²) in [4.78, 5) is 0. The first kappa shape index (κ1) is 11.2. The van der Waals surface area contributed by atoms with Crippen LogP contribution in [0.1, 0.15) is 19.4 Å². The molecule has 0 aliphatic rings. The van der Waals surface area contributed by atoms with Crippen LogP contribution < -0.4 is 0 Å². The molecule has 1 unspecified atom stereocenters. The van der Waals surface area contributed by atoms with E-state index in [1.54, 1.807) is 0 Å². The van der Waals surface area contributed by atoms with Crippen LogP contribution in [0.5, 0.6) is 0 Å². The quantitative estimate of drug-likeness (QED) is 0.837. The van der Waals surface area contributed by atoms with E-state index in [-0.39, 0.29) is 6.61 Å². The maximum absolute atomic E-state index is 9.12. The van der Waals surface area contributed by atoms with E-state index < -0.39 is 0 Å². The average Bonchev–Trinajstić information content (AvgIpc) is 2.72. The summed E-state index contributed by atoms with van der Waals surface area (Å²) in [5.74, 6) is 0.306. The van der Waals surface area contributed by atoms with Crippen LogP contribution in [0.25, 0.3) is 10.9 Å². The molecule has 1 N–H and O–H groups in total. The Balaban J connectivity index is 2.45. The lowest BCUT2D eigenvalue weighted by Gasteiger charge is -2.12.